The second-order valence-electron chi connectivity index (χ2n) is 5.26. The van der Waals surface area contributed by atoms with Crippen molar-refractivity contribution in [2.24, 2.45) is 0 Å². The number of rotatable bonds is 5. The summed E-state index contributed by atoms with van der Waals surface area (Å²) in [5.74, 6) is 0.0887. The number of hydrogen-bond donors (Lipinski definition) is 2. The Morgan fingerprint density at radius 1 is 1.47 bits per heavy atom. The zero-order chi connectivity index (χ0) is 13.7. The van der Waals surface area contributed by atoms with Gasteiger partial charge in [-0.1, -0.05) is 30.3 Å². The summed E-state index contributed by atoms with van der Waals surface area (Å²) in [6.07, 6.45) is 1.12. The summed E-state index contributed by atoms with van der Waals surface area (Å²) in [5, 5.41) is 6.37. The quantitative estimate of drug-likeness (QED) is 0.836. The first-order valence-electron chi connectivity index (χ1n) is 6.92. The number of nitrogens with zero attached hydrogens (tertiary/aromatic N) is 1. The van der Waals surface area contributed by atoms with Gasteiger partial charge in [-0.05, 0) is 32.5 Å². The van der Waals surface area contributed by atoms with Gasteiger partial charge in [-0.2, -0.15) is 0 Å². The van der Waals surface area contributed by atoms with Gasteiger partial charge in [0.05, 0.1) is 12.6 Å². The third-order valence-electron chi connectivity index (χ3n) is 3.73. The van der Waals surface area contributed by atoms with E-state index in [0.717, 1.165) is 25.1 Å². The predicted octanol–water partition coefficient (Wildman–Crippen LogP) is 1.16. The molecule has 0 bridgehead atoms. The fraction of sp³-hybridized carbons (Fsp3) is 0.533. The van der Waals surface area contributed by atoms with E-state index < -0.39 is 0 Å². The highest BCUT2D eigenvalue weighted by atomic mass is 16.2. The third kappa shape index (κ3) is 4.04. The molecular formula is C15H23N3O. The summed E-state index contributed by atoms with van der Waals surface area (Å²) in [6.45, 7) is 4.52. The molecule has 2 rings (SSSR count). The number of likely N-dealkylation sites (N-methyl/N-ethyl adjacent to an activating group) is 1. The number of carbonyl (C=O) groups excluding carboxylic acids is 1. The average molecular weight is 261 g/mol. The van der Waals surface area contributed by atoms with Crippen molar-refractivity contribution in [3.8, 4) is 0 Å². The van der Waals surface area contributed by atoms with E-state index >= 15 is 0 Å². The van der Waals surface area contributed by atoms with E-state index in [1.807, 2.05) is 44.3 Å². The molecule has 104 valence electrons. The molecule has 1 aliphatic heterocycles. The molecule has 19 heavy (non-hydrogen) atoms. The van der Waals surface area contributed by atoms with Crippen molar-refractivity contribution < 1.29 is 4.79 Å². The molecule has 0 spiro atoms. The van der Waals surface area contributed by atoms with Crippen LogP contribution in [-0.4, -0.2) is 43.5 Å². The number of carbonyl (C=O) groups is 1. The molecule has 1 aliphatic rings. The highest BCUT2D eigenvalue weighted by Crippen LogP contribution is 2.11. The van der Waals surface area contributed by atoms with Crippen LogP contribution in [0.5, 0.6) is 0 Å². The van der Waals surface area contributed by atoms with Gasteiger partial charge in [-0.15, -0.1) is 0 Å². The van der Waals surface area contributed by atoms with Crippen molar-refractivity contribution in [2.75, 3.05) is 26.7 Å². The minimum absolute atomic E-state index is 0.0591. The predicted molar refractivity (Wildman–Crippen MR) is 76.9 cm³/mol. The highest BCUT2D eigenvalue weighted by Gasteiger charge is 2.21. The lowest BCUT2D eigenvalue weighted by atomic mass is 10.1. The first kappa shape index (κ1) is 14.0. The molecule has 1 saturated heterocycles. The summed E-state index contributed by atoms with van der Waals surface area (Å²) in [6, 6.07) is 10.6. The first-order valence-corrected chi connectivity index (χ1v) is 6.92. The lowest BCUT2D eigenvalue weighted by molar-refractivity contribution is -0.123. The maximum absolute atomic E-state index is 12.0. The maximum Gasteiger partial charge on any atom is 0.234 e. The maximum atomic E-state index is 12.0. The zero-order valence-corrected chi connectivity index (χ0v) is 11.7. The fourth-order valence-electron chi connectivity index (χ4n) is 2.48. The van der Waals surface area contributed by atoms with E-state index in [9.17, 15) is 4.79 Å². The van der Waals surface area contributed by atoms with Crippen molar-refractivity contribution >= 4 is 5.91 Å². The van der Waals surface area contributed by atoms with E-state index in [1.165, 1.54) is 0 Å². The molecule has 0 aliphatic carbocycles. The standard InChI is InChI=1S/C15H23N3O/c1-12(13-6-4-3-5-7-13)17-15(19)11-18(2)14-8-9-16-10-14/h3-7,12,14,16H,8-11H2,1-2H3,(H,17,19). The Morgan fingerprint density at radius 2 is 2.21 bits per heavy atom. The van der Waals surface area contributed by atoms with Gasteiger partial charge >= 0.3 is 0 Å². The van der Waals surface area contributed by atoms with Gasteiger partial charge < -0.3 is 10.6 Å². The molecule has 1 fully saturated rings. The number of nitrogens with one attached hydrogen (secondary N) is 2. The van der Waals surface area contributed by atoms with Gasteiger partial charge in [0.2, 0.25) is 5.91 Å². The lowest BCUT2D eigenvalue weighted by Gasteiger charge is -2.24. The van der Waals surface area contributed by atoms with E-state index in [4.69, 9.17) is 0 Å². The largest absolute Gasteiger partial charge is 0.348 e. The van der Waals surface area contributed by atoms with E-state index in [1.54, 1.807) is 0 Å². The molecule has 0 saturated carbocycles. The fourth-order valence-corrected chi connectivity index (χ4v) is 2.48. The van der Waals surface area contributed by atoms with Crippen LogP contribution in [0.3, 0.4) is 0 Å². The van der Waals surface area contributed by atoms with Crippen LogP contribution in [0.25, 0.3) is 0 Å². The molecule has 1 aromatic carbocycles. The molecule has 4 nitrogen and oxygen atoms in total. The Kier molecular flexibility index (Phi) is 4.93. The first-order chi connectivity index (χ1) is 9.16. The van der Waals surface area contributed by atoms with Crippen LogP contribution < -0.4 is 10.6 Å². The molecule has 1 heterocycles. The minimum Gasteiger partial charge on any atom is -0.348 e. The van der Waals surface area contributed by atoms with Gasteiger partial charge in [0, 0.05) is 12.6 Å². The van der Waals surface area contributed by atoms with Crippen LogP contribution in [0.4, 0.5) is 0 Å². The Morgan fingerprint density at radius 3 is 2.84 bits per heavy atom. The summed E-state index contributed by atoms with van der Waals surface area (Å²) in [4.78, 5) is 14.2. The molecule has 1 aromatic rings. The molecule has 2 atom stereocenters. The lowest BCUT2D eigenvalue weighted by Crippen LogP contribution is -2.42. The van der Waals surface area contributed by atoms with Gasteiger partial charge in [-0.25, -0.2) is 0 Å². The number of amides is 1. The summed E-state index contributed by atoms with van der Waals surface area (Å²) in [7, 11) is 2.02. The molecule has 4 heteroatoms. The minimum atomic E-state index is 0.0591. The molecule has 2 N–H and O–H groups in total. The van der Waals surface area contributed by atoms with Crippen molar-refractivity contribution in [3.05, 3.63) is 35.9 Å². The van der Waals surface area contributed by atoms with Crippen molar-refractivity contribution in [1.29, 1.82) is 0 Å². The average Bonchev–Trinajstić information content (AvgIpc) is 2.93. The Labute approximate surface area is 115 Å². The molecule has 2 unspecified atom stereocenters. The van der Waals surface area contributed by atoms with Crippen molar-refractivity contribution in [3.63, 3.8) is 0 Å². The van der Waals surface area contributed by atoms with Crippen molar-refractivity contribution in [2.45, 2.75) is 25.4 Å². The summed E-state index contributed by atoms with van der Waals surface area (Å²) < 4.78 is 0. The topological polar surface area (TPSA) is 44.4 Å². The third-order valence-corrected chi connectivity index (χ3v) is 3.73. The molecule has 1 amide bonds. The van der Waals surface area contributed by atoms with Crippen LogP contribution in [0, 0.1) is 0 Å². The van der Waals surface area contributed by atoms with Crippen LogP contribution in [-0.2, 0) is 4.79 Å². The second-order valence-corrected chi connectivity index (χ2v) is 5.26. The van der Waals surface area contributed by atoms with Crippen LogP contribution >= 0.6 is 0 Å². The Hall–Kier alpha value is -1.39. The van der Waals surface area contributed by atoms with Gasteiger partial charge in [0.25, 0.3) is 0 Å². The monoisotopic (exact) mass is 261 g/mol. The normalized spacial score (nSPS) is 20.5. The van der Waals surface area contributed by atoms with E-state index in [-0.39, 0.29) is 11.9 Å². The van der Waals surface area contributed by atoms with Gasteiger partial charge in [-0.3, -0.25) is 9.69 Å². The summed E-state index contributed by atoms with van der Waals surface area (Å²) in [5.41, 5.74) is 1.14. The van der Waals surface area contributed by atoms with Gasteiger partial charge in [0.1, 0.15) is 0 Å². The van der Waals surface area contributed by atoms with E-state index in [2.05, 4.69) is 15.5 Å². The highest BCUT2D eigenvalue weighted by molar-refractivity contribution is 5.78. The summed E-state index contributed by atoms with van der Waals surface area (Å²) >= 11 is 0. The molecule has 0 aromatic heterocycles. The zero-order valence-electron chi connectivity index (χ0n) is 11.7. The second kappa shape index (κ2) is 6.68. The smallest absolute Gasteiger partial charge is 0.234 e. The number of benzene rings is 1. The molecular weight excluding hydrogens is 238 g/mol. The Bertz CT molecular complexity index is 401. The van der Waals surface area contributed by atoms with Crippen molar-refractivity contribution in [1.82, 2.24) is 15.5 Å². The van der Waals surface area contributed by atoms with E-state index in [0.29, 0.717) is 12.6 Å². The Balaban J connectivity index is 1.80. The van der Waals surface area contributed by atoms with Crippen LogP contribution in [0.1, 0.15) is 24.9 Å². The molecule has 0 radical (unpaired) electrons. The van der Waals surface area contributed by atoms with Gasteiger partial charge in [0.15, 0.2) is 0 Å². The number of hydrogen-bond acceptors (Lipinski definition) is 3. The van der Waals surface area contributed by atoms with Crippen LogP contribution in [0.15, 0.2) is 30.3 Å². The van der Waals surface area contributed by atoms with Crippen LogP contribution in [0.2, 0.25) is 0 Å². The SMILES string of the molecule is CC(NC(=O)CN(C)C1CCNC1)c1ccccc1.